The minimum atomic E-state index is -0.250. The molecule has 5 nitrogen and oxygen atoms in total. The molecule has 1 fully saturated rings. The van der Waals surface area contributed by atoms with Crippen LogP contribution in [-0.2, 0) is 27.2 Å². The fourth-order valence-corrected chi connectivity index (χ4v) is 3.02. The van der Waals surface area contributed by atoms with E-state index in [1.165, 1.54) is 11.1 Å². The highest BCUT2D eigenvalue weighted by Gasteiger charge is 2.37. The summed E-state index contributed by atoms with van der Waals surface area (Å²) in [5.74, 6) is -0.188. The molecule has 0 unspecified atom stereocenters. The zero-order valence-electron chi connectivity index (χ0n) is 14.0. The van der Waals surface area contributed by atoms with Crippen LogP contribution in [0.3, 0.4) is 0 Å². The number of hydrogen-bond acceptors (Lipinski definition) is 4. The van der Waals surface area contributed by atoms with Crippen LogP contribution in [0.1, 0.15) is 17.5 Å². The first kappa shape index (κ1) is 18.7. The summed E-state index contributed by atoms with van der Waals surface area (Å²) in [7, 11) is 0. The Hall–Kier alpha value is -2.66. The van der Waals surface area contributed by atoms with Gasteiger partial charge >= 0.3 is 5.97 Å². The first-order chi connectivity index (χ1) is 12.1. The molecule has 0 aromatic heterocycles. The van der Waals surface area contributed by atoms with E-state index in [0.29, 0.717) is 6.42 Å². The maximum atomic E-state index is 12.1. The van der Waals surface area contributed by atoms with Crippen molar-refractivity contribution < 1.29 is 19.4 Å². The highest BCUT2D eigenvalue weighted by molar-refractivity contribution is 5.75. The molecule has 1 heterocycles. The second-order valence-electron chi connectivity index (χ2n) is 6.06. The molecule has 0 saturated carbocycles. The van der Waals surface area contributed by atoms with Crippen LogP contribution in [0.4, 0.5) is 0 Å². The van der Waals surface area contributed by atoms with Gasteiger partial charge in [-0.05, 0) is 30.4 Å². The SMILES string of the molecule is N[C@@H](Cc1ccccc1)[C@@H]1C[C@@H](Cc2ccccc2)C(=O)O1.O=CO. The van der Waals surface area contributed by atoms with Crippen LogP contribution in [0.25, 0.3) is 0 Å². The van der Waals surface area contributed by atoms with E-state index >= 15 is 0 Å². The van der Waals surface area contributed by atoms with Crippen LogP contribution < -0.4 is 5.73 Å². The van der Waals surface area contributed by atoms with Crippen molar-refractivity contribution in [1.29, 1.82) is 0 Å². The number of carbonyl (C=O) groups is 2. The maximum absolute atomic E-state index is 12.1. The van der Waals surface area contributed by atoms with Crippen molar-refractivity contribution in [3.05, 3.63) is 71.8 Å². The van der Waals surface area contributed by atoms with Gasteiger partial charge in [0.2, 0.25) is 0 Å². The molecule has 25 heavy (non-hydrogen) atoms. The van der Waals surface area contributed by atoms with Crippen LogP contribution in [-0.4, -0.2) is 29.7 Å². The summed E-state index contributed by atoms with van der Waals surface area (Å²) in [5, 5.41) is 6.89. The highest BCUT2D eigenvalue weighted by atomic mass is 16.6. The molecule has 3 N–H and O–H groups in total. The van der Waals surface area contributed by atoms with Gasteiger partial charge in [-0.15, -0.1) is 0 Å². The molecule has 0 radical (unpaired) electrons. The number of carbonyl (C=O) groups excluding carboxylic acids is 1. The van der Waals surface area contributed by atoms with Crippen LogP contribution >= 0.6 is 0 Å². The number of ether oxygens (including phenoxy) is 1. The minimum Gasteiger partial charge on any atom is -0.483 e. The highest BCUT2D eigenvalue weighted by Crippen LogP contribution is 2.27. The molecule has 0 amide bonds. The summed E-state index contributed by atoms with van der Waals surface area (Å²) in [6.45, 7) is -0.250. The number of esters is 1. The molecule has 0 aliphatic carbocycles. The fraction of sp³-hybridized carbons (Fsp3) is 0.300. The fourth-order valence-electron chi connectivity index (χ4n) is 3.02. The Morgan fingerprint density at radius 1 is 1.08 bits per heavy atom. The summed E-state index contributed by atoms with van der Waals surface area (Å²) in [6, 6.07) is 20.0. The average molecular weight is 341 g/mol. The summed E-state index contributed by atoms with van der Waals surface area (Å²) in [5.41, 5.74) is 8.60. The van der Waals surface area contributed by atoms with E-state index in [2.05, 4.69) is 12.1 Å². The Morgan fingerprint density at radius 2 is 1.60 bits per heavy atom. The van der Waals surface area contributed by atoms with E-state index in [0.717, 1.165) is 12.8 Å². The lowest BCUT2D eigenvalue weighted by molar-refractivity contribution is -0.144. The third kappa shape index (κ3) is 5.72. The number of benzene rings is 2. The van der Waals surface area contributed by atoms with Crippen LogP contribution in [0.15, 0.2) is 60.7 Å². The predicted molar refractivity (Wildman–Crippen MR) is 94.9 cm³/mol. The van der Waals surface area contributed by atoms with E-state index in [9.17, 15) is 4.79 Å². The summed E-state index contributed by atoms with van der Waals surface area (Å²) < 4.78 is 5.52. The van der Waals surface area contributed by atoms with Crippen molar-refractivity contribution in [3.63, 3.8) is 0 Å². The molecule has 0 bridgehead atoms. The van der Waals surface area contributed by atoms with Crippen LogP contribution in [0.2, 0.25) is 0 Å². The molecule has 1 aliphatic rings. The molecule has 3 atom stereocenters. The van der Waals surface area contributed by atoms with E-state index in [1.807, 2.05) is 48.5 Å². The quantitative estimate of drug-likeness (QED) is 0.644. The van der Waals surface area contributed by atoms with Crippen molar-refractivity contribution in [2.24, 2.45) is 11.7 Å². The largest absolute Gasteiger partial charge is 0.483 e. The lowest BCUT2D eigenvalue weighted by atomic mass is 9.92. The van der Waals surface area contributed by atoms with Gasteiger partial charge in [0.25, 0.3) is 6.47 Å². The van der Waals surface area contributed by atoms with E-state index in [4.69, 9.17) is 20.4 Å². The lowest BCUT2D eigenvalue weighted by Crippen LogP contribution is -2.36. The van der Waals surface area contributed by atoms with Gasteiger partial charge in [0.1, 0.15) is 6.10 Å². The summed E-state index contributed by atoms with van der Waals surface area (Å²) in [4.78, 5) is 20.4. The second kappa shape index (κ2) is 9.59. The smallest absolute Gasteiger partial charge is 0.309 e. The first-order valence-electron chi connectivity index (χ1n) is 8.25. The second-order valence-corrected chi connectivity index (χ2v) is 6.06. The van der Waals surface area contributed by atoms with Crippen LogP contribution in [0.5, 0.6) is 0 Å². The number of carboxylic acid groups (broad SMARTS) is 1. The number of nitrogens with two attached hydrogens (primary N) is 1. The number of cyclic esters (lactones) is 1. The van der Waals surface area contributed by atoms with Gasteiger partial charge in [-0.25, -0.2) is 0 Å². The summed E-state index contributed by atoms with van der Waals surface area (Å²) >= 11 is 0. The standard InChI is InChI=1S/C19H21NO2.CH2O2/c20-17(12-15-9-5-2-6-10-15)18-13-16(19(21)22-18)11-14-7-3-1-4-8-14;2-1-3/h1-10,16-18H,11-13,20H2;1H,(H,2,3)/t16-,17+,18+;/m1./s1. The van der Waals surface area contributed by atoms with Gasteiger partial charge in [0.15, 0.2) is 0 Å². The molecule has 1 aliphatic heterocycles. The third-order valence-electron chi connectivity index (χ3n) is 4.23. The molecular weight excluding hydrogens is 318 g/mol. The van der Waals surface area contributed by atoms with Gasteiger partial charge < -0.3 is 15.6 Å². The Morgan fingerprint density at radius 3 is 2.16 bits per heavy atom. The van der Waals surface area contributed by atoms with E-state index in [1.54, 1.807) is 0 Å². The monoisotopic (exact) mass is 341 g/mol. The number of rotatable bonds is 5. The number of hydrogen-bond donors (Lipinski definition) is 2. The Labute approximate surface area is 147 Å². The topological polar surface area (TPSA) is 89.6 Å². The average Bonchev–Trinajstić information content (AvgIpc) is 2.98. The molecule has 5 heteroatoms. The van der Waals surface area contributed by atoms with Gasteiger partial charge in [0, 0.05) is 6.04 Å². The zero-order chi connectivity index (χ0) is 18.1. The molecule has 3 rings (SSSR count). The molecular formula is C20H23NO4. The van der Waals surface area contributed by atoms with Crippen molar-refractivity contribution >= 4 is 12.4 Å². The Kier molecular flexibility index (Phi) is 7.16. The minimum absolute atomic E-state index is 0.0748. The molecule has 132 valence electrons. The van der Waals surface area contributed by atoms with E-state index in [-0.39, 0.29) is 30.5 Å². The molecule has 2 aromatic rings. The van der Waals surface area contributed by atoms with E-state index < -0.39 is 0 Å². The molecule has 0 spiro atoms. The van der Waals surface area contributed by atoms with Crippen molar-refractivity contribution in [2.75, 3.05) is 0 Å². The van der Waals surface area contributed by atoms with Gasteiger partial charge in [-0.2, -0.15) is 0 Å². The molecule has 2 aromatic carbocycles. The van der Waals surface area contributed by atoms with Gasteiger partial charge in [0.05, 0.1) is 5.92 Å². The Balaban J connectivity index is 0.000000701. The van der Waals surface area contributed by atoms with Crippen molar-refractivity contribution in [2.45, 2.75) is 31.4 Å². The lowest BCUT2D eigenvalue weighted by Gasteiger charge is -2.18. The van der Waals surface area contributed by atoms with Gasteiger partial charge in [-0.1, -0.05) is 60.7 Å². The summed E-state index contributed by atoms with van der Waals surface area (Å²) in [6.07, 6.45) is 1.99. The Bertz CT molecular complexity index is 660. The predicted octanol–water partition coefficient (Wildman–Crippen LogP) is 2.43. The maximum Gasteiger partial charge on any atom is 0.309 e. The normalized spacial score (nSPS) is 20.1. The zero-order valence-corrected chi connectivity index (χ0v) is 14.0. The van der Waals surface area contributed by atoms with Gasteiger partial charge in [-0.3, -0.25) is 9.59 Å². The molecule has 1 saturated heterocycles. The van der Waals surface area contributed by atoms with Crippen molar-refractivity contribution in [3.8, 4) is 0 Å². The first-order valence-corrected chi connectivity index (χ1v) is 8.25. The van der Waals surface area contributed by atoms with Crippen molar-refractivity contribution in [1.82, 2.24) is 0 Å². The third-order valence-corrected chi connectivity index (χ3v) is 4.23. The van der Waals surface area contributed by atoms with Crippen LogP contribution in [0, 0.1) is 5.92 Å².